The summed E-state index contributed by atoms with van der Waals surface area (Å²) in [5.41, 5.74) is 2.14. The number of allylic oxidation sites excluding steroid dienone is 6. The molecule has 2 heterocycles. The van der Waals surface area contributed by atoms with Crippen LogP contribution in [0.4, 0.5) is 4.39 Å². The standard InChI is InChI=1S/C23H32FNO/c1-26-21-7-5-18(6-8-21)9-11-22-13-15-23(25-22,16-14-22)12-10-19-3-2-4-20(24)17-19/h2,4-7,17,19,21,25H,3,8-16H2,1H3. The predicted octanol–water partition coefficient (Wildman–Crippen LogP) is 5.53. The Morgan fingerprint density at radius 2 is 1.88 bits per heavy atom. The summed E-state index contributed by atoms with van der Waals surface area (Å²) in [5, 5.41) is 4.06. The van der Waals surface area contributed by atoms with Crippen molar-refractivity contribution in [3.63, 3.8) is 0 Å². The van der Waals surface area contributed by atoms with Crippen molar-refractivity contribution >= 4 is 0 Å². The first-order valence-electron chi connectivity index (χ1n) is 10.3. The van der Waals surface area contributed by atoms with E-state index in [0.717, 1.165) is 25.7 Å². The van der Waals surface area contributed by atoms with Crippen LogP contribution in [0.15, 0.2) is 47.9 Å². The fraction of sp³-hybridized carbons (Fsp3) is 0.652. The molecule has 142 valence electrons. The van der Waals surface area contributed by atoms with Gasteiger partial charge in [-0.3, -0.25) is 0 Å². The summed E-state index contributed by atoms with van der Waals surface area (Å²) in [6.07, 6.45) is 24.4. The van der Waals surface area contributed by atoms with Crippen molar-refractivity contribution in [1.29, 1.82) is 0 Å². The summed E-state index contributed by atoms with van der Waals surface area (Å²) < 4.78 is 18.8. The molecule has 1 N–H and O–H groups in total. The third kappa shape index (κ3) is 3.89. The van der Waals surface area contributed by atoms with E-state index in [2.05, 4.69) is 23.5 Å². The third-order valence-corrected chi connectivity index (χ3v) is 7.13. The topological polar surface area (TPSA) is 21.3 Å². The molecular formula is C23H32FNO. The second-order valence-electron chi connectivity index (χ2n) is 8.82. The number of hydrogen-bond donors (Lipinski definition) is 1. The molecule has 2 saturated heterocycles. The third-order valence-electron chi connectivity index (χ3n) is 7.13. The molecule has 0 amide bonds. The number of rotatable bonds is 7. The van der Waals surface area contributed by atoms with Gasteiger partial charge in [0.25, 0.3) is 0 Å². The highest BCUT2D eigenvalue weighted by Gasteiger charge is 2.52. The molecule has 0 saturated carbocycles. The molecule has 3 heteroatoms. The van der Waals surface area contributed by atoms with E-state index in [9.17, 15) is 4.39 Å². The van der Waals surface area contributed by atoms with Crippen LogP contribution in [0.3, 0.4) is 0 Å². The molecular weight excluding hydrogens is 325 g/mol. The molecule has 0 aromatic carbocycles. The van der Waals surface area contributed by atoms with Crippen LogP contribution in [0.2, 0.25) is 0 Å². The van der Waals surface area contributed by atoms with Crippen molar-refractivity contribution in [3.05, 3.63) is 47.9 Å². The van der Waals surface area contributed by atoms with Crippen LogP contribution in [0.5, 0.6) is 0 Å². The summed E-state index contributed by atoms with van der Waals surface area (Å²) in [4.78, 5) is 0. The first kappa shape index (κ1) is 18.2. The van der Waals surface area contributed by atoms with Gasteiger partial charge in [0.1, 0.15) is 5.83 Å². The first-order valence-corrected chi connectivity index (χ1v) is 10.3. The van der Waals surface area contributed by atoms with Gasteiger partial charge in [-0.2, -0.15) is 0 Å². The highest BCUT2D eigenvalue weighted by molar-refractivity contribution is 5.26. The molecule has 2 unspecified atom stereocenters. The Labute approximate surface area is 157 Å². The maximum Gasteiger partial charge on any atom is 0.119 e. The van der Waals surface area contributed by atoms with Gasteiger partial charge in [0.05, 0.1) is 6.10 Å². The number of ether oxygens (including phenoxy) is 1. The zero-order chi connectivity index (χ0) is 18.0. The number of hydrogen-bond acceptors (Lipinski definition) is 2. The Bertz CT molecular complexity index is 637. The van der Waals surface area contributed by atoms with E-state index in [4.69, 9.17) is 4.74 Å². The molecule has 2 aliphatic heterocycles. The van der Waals surface area contributed by atoms with Gasteiger partial charge in [0.15, 0.2) is 0 Å². The Hall–Kier alpha value is -1.19. The van der Waals surface area contributed by atoms with Crippen LogP contribution >= 0.6 is 0 Å². The van der Waals surface area contributed by atoms with E-state index in [1.54, 1.807) is 13.2 Å². The monoisotopic (exact) mass is 357 g/mol. The summed E-state index contributed by atoms with van der Waals surface area (Å²) in [6.45, 7) is 0. The van der Waals surface area contributed by atoms with E-state index < -0.39 is 0 Å². The Kier molecular flexibility index (Phi) is 5.20. The lowest BCUT2D eigenvalue weighted by Crippen LogP contribution is -2.42. The van der Waals surface area contributed by atoms with Gasteiger partial charge in [-0.25, -0.2) is 4.39 Å². The normalized spacial score (nSPS) is 38.5. The number of fused-ring (bicyclic) bond motifs is 2. The molecule has 26 heavy (non-hydrogen) atoms. The molecule has 0 aromatic heterocycles. The first-order chi connectivity index (χ1) is 12.6. The fourth-order valence-electron chi connectivity index (χ4n) is 5.40. The van der Waals surface area contributed by atoms with Crippen molar-refractivity contribution in [1.82, 2.24) is 5.32 Å². The summed E-state index contributed by atoms with van der Waals surface area (Å²) in [7, 11) is 1.78. The van der Waals surface area contributed by atoms with E-state index in [0.29, 0.717) is 17.0 Å². The van der Waals surface area contributed by atoms with E-state index in [-0.39, 0.29) is 11.9 Å². The second-order valence-corrected chi connectivity index (χ2v) is 8.82. The van der Waals surface area contributed by atoms with Gasteiger partial charge in [0, 0.05) is 18.2 Å². The Morgan fingerprint density at radius 1 is 1.12 bits per heavy atom. The molecule has 0 radical (unpaired) electrons. The zero-order valence-corrected chi connectivity index (χ0v) is 16.0. The average Bonchev–Trinajstić information content (AvgIpc) is 3.22. The minimum absolute atomic E-state index is 0.0524. The van der Waals surface area contributed by atoms with E-state index >= 15 is 0 Å². The molecule has 2 atom stereocenters. The summed E-state index contributed by atoms with van der Waals surface area (Å²) in [6, 6.07) is 0. The highest BCUT2D eigenvalue weighted by Crippen LogP contribution is 2.50. The van der Waals surface area contributed by atoms with Crippen LogP contribution < -0.4 is 5.32 Å². The maximum atomic E-state index is 13.4. The average molecular weight is 358 g/mol. The van der Waals surface area contributed by atoms with Crippen molar-refractivity contribution in [2.75, 3.05) is 7.11 Å². The quantitative estimate of drug-likeness (QED) is 0.646. The van der Waals surface area contributed by atoms with Gasteiger partial charge < -0.3 is 10.1 Å². The molecule has 2 aliphatic carbocycles. The minimum atomic E-state index is -0.0524. The molecule has 4 rings (SSSR count). The smallest absolute Gasteiger partial charge is 0.119 e. The highest BCUT2D eigenvalue weighted by atomic mass is 19.1. The number of methoxy groups -OCH3 is 1. The lowest BCUT2D eigenvalue weighted by molar-refractivity contribution is 0.142. The van der Waals surface area contributed by atoms with Crippen molar-refractivity contribution in [2.45, 2.75) is 81.4 Å². The molecule has 4 aliphatic rings. The van der Waals surface area contributed by atoms with E-state index in [1.165, 1.54) is 44.1 Å². The molecule has 0 spiro atoms. The van der Waals surface area contributed by atoms with Crippen LogP contribution in [0.1, 0.15) is 64.2 Å². The van der Waals surface area contributed by atoms with Crippen molar-refractivity contribution in [2.24, 2.45) is 5.92 Å². The second kappa shape index (κ2) is 7.44. The van der Waals surface area contributed by atoms with Gasteiger partial charge >= 0.3 is 0 Å². The lowest BCUT2D eigenvalue weighted by atomic mass is 9.76. The molecule has 0 aromatic rings. The minimum Gasteiger partial charge on any atom is -0.377 e. The van der Waals surface area contributed by atoms with E-state index in [1.807, 2.05) is 12.2 Å². The van der Waals surface area contributed by atoms with Crippen molar-refractivity contribution in [3.8, 4) is 0 Å². The Morgan fingerprint density at radius 3 is 2.54 bits per heavy atom. The molecule has 2 fully saturated rings. The Balaban J connectivity index is 1.27. The lowest BCUT2D eigenvalue weighted by Gasteiger charge is -2.28. The predicted molar refractivity (Wildman–Crippen MR) is 105 cm³/mol. The van der Waals surface area contributed by atoms with Crippen LogP contribution in [0, 0.1) is 5.92 Å². The van der Waals surface area contributed by atoms with Gasteiger partial charge in [-0.05, 0) is 82.3 Å². The molecule has 2 nitrogen and oxygen atoms in total. The fourth-order valence-corrected chi connectivity index (χ4v) is 5.40. The van der Waals surface area contributed by atoms with Gasteiger partial charge in [0.2, 0.25) is 0 Å². The van der Waals surface area contributed by atoms with Crippen LogP contribution in [-0.2, 0) is 4.74 Å². The number of nitrogens with one attached hydrogen (secondary N) is 1. The number of halogens is 1. The largest absolute Gasteiger partial charge is 0.377 e. The molecule has 2 bridgehead atoms. The SMILES string of the molecule is COC1C=CC(CCC23CCC(CCC4C=C(F)C=CC4)(CC2)N3)=CC1. The van der Waals surface area contributed by atoms with Crippen LogP contribution in [-0.4, -0.2) is 24.3 Å². The summed E-state index contributed by atoms with van der Waals surface area (Å²) in [5.74, 6) is 0.335. The maximum absolute atomic E-state index is 13.4. The zero-order valence-electron chi connectivity index (χ0n) is 16.0. The van der Waals surface area contributed by atoms with Gasteiger partial charge in [-0.1, -0.05) is 29.9 Å². The summed E-state index contributed by atoms with van der Waals surface area (Å²) >= 11 is 0. The van der Waals surface area contributed by atoms with Crippen LogP contribution in [0.25, 0.3) is 0 Å². The van der Waals surface area contributed by atoms with Gasteiger partial charge in [-0.15, -0.1) is 0 Å². The van der Waals surface area contributed by atoms with Crippen molar-refractivity contribution < 1.29 is 9.13 Å².